The molecule has 0 amide bonds. The Balaban J connectivity index is 4.38. The Morgan fingerprint density at radius 2 is 0.482 bits per heavy atom. The third-order valence-electron chi connectivity index (χ3n) is 13.7. The minimum Gasteiger partial charge on any atom is -0.462 e. The Bertz CT molecular complexity index is 1890. The number of esters is 3. The van der Waals surface area contributed by atoms with E-state index in [-0.39, 0.29) is 37.5 Å². The molecule has 0 saturated heterocycles. The summed E-state index contributed by atoms with van der Waals surface area (Å²) in [6.07, 6.45) is 102. The van der Waals surface area contributed by atoms with Crippen LogP contribution >= 0.6 is 0 Å². The Morgan fingerprint density at radius 1 is 0.253 bits per heavy atom. The van der Waals surface area contributed by atoms with Crippen molar-refractivity contribution < 1.29 is 28.6 Å². The summed E-state index contributed by atoms with van der Waals surface area (Å²) in [6, 6.07) is 0. The van der Waals surface area contributed by atoms with E-state index in [4.69, 9.17) is 14.2 Å². The molecule has 0 aromatic heterocycles. The van der Waals surface area contributed by atoms with Gasteiger partial charge in [-0.3, -0.25) is 14.4 Å². The van der Waals surface area contributed by atoms with Crippen LogP contribution in [0.2, 0.25) is 0 Å². The smallest absolute Gasteiger partial charge is 0.306 e. The molecule has 0 aliphatic carbocycles. The summed E-state index contributed by atoms with van der Waals surface area (Å²) in [5, 5.41) is 0. The number of carbonyl (C=O) groups is 3. The van der Waals surface area contributed by atoms with Gasteiger partial charge in [0, 0.05) is 19.3 Å². The molecule has 83 heavy (non-hydrogen) atoms. The fourth-order valence-corrected chi connectivity index (χ4v) is 8.77. The quantitative estimate of drug-likeness (QED) is 0.0261. The van der Waals surface area contributed by atoms with Crippen LogP contribution in [0, 0.1) is 0 Å². The summed E-state index contributed by atoms with van der Waals surface area (Å²) >= 11 is 0. The van der Waals surface area contributed by atoms with Gasteiger partial charge in [-0.1, -0.05) is 300 Å². The van der Waals surface area contributed by atoms with E-state index in [0.717, 1.165) is 141 Å². The van der Waals surface area contributed by atoms with Gasteiger partial charge in [-0.15, -0.1) is 0 Å². The highest BCUT2D eigenvalue weighted by molar-refractivity contribution is 5.71. The molecular weight excluding hydrogens is 1020 g/mol. The minimum atomic E-state index is -0.819. The van der Waals surface area contributed by atoms with Gasteiger partial charge < -0.3 is 14.2 Å². The normalized spacial score (nSPS) is 13.2. The van der Waals surface area contributed by atoms with Gasteiger partial charge in [0.2, 0.25) is 0 Å². The van der Waals surface area contributed by atoms with Crippen molar-refractivity contribution >= 4 is 17.9 Å². The lowest BCUT2D eigenvalue weighted by atomic mass is 10.1. The average Bonchev–Trinajstić information content (AvgIpc) is 3.48. The van der Waals surface area contributed by atoms with E-state index in [2.05, 4.69) is 191 Å². The molecule has 0 fully saturated rings. The van der Waals surface area contributed by atoms with Crippen LogP contribution in [0.3, 0.4) is 0 Å². The van der Waals surface area contributed by atoms with Gasteiger partial charge in [0.15, 0.2) is 6.10 Å². The zero-order chi connectivity index (χ0) is 59.9. The zero-order valence-corrected chi connectivity index (χ0v) is 53.4. The van der Waals surface area contributed by atoms with Crippen LogP contribution in [-0.4, -0.2) is 37.2 Å². The summed E-state index contributed by atoms with van der Waals surface area (Å²) in [4.78, 5) is 38.3. The summed E-state index contributed by atoms with van der Waals surface area (Å²) in [5.41, 5.74) is 0. The molecule has 0 N–H and O–H groups in total. The SMILES string of the molecule is CC/C=C\C/C=C\C/C=C\C/C=C\C/C=C\C/C=C\C/C=C\CCCCCCCCCCCC(=O)OCC(COC(=O)CCCCCCCCCCCCC)OC(=O)CCC/C=C\C/C=C\C/C=C\C/C=C\C/C=C\C/C=C\C/C=C\CC. The van der Waals surface area contributed by atoms with Crippen molar-refractivity contribution in [2.45, 2.75) is 284 Å². The van der Waals surface area contributed by atoms with Crippen molar-refractivity contribution in [3.63, 3.8) is 0 Å². The second-order valence-electron chi connectivity index (χ2n) is 21.6. The average molecular weight is 1140 g/mol. The highest BCUT2D eigenvalue weighted by atomic mass is 16.6. The van der Waals surface area contributed by atoms with Crippen LogP contribution in [0.5, 0.6) is 0 Å². The van der Waals surface area contributed by atoms with Crippen molar-refractivity contribution in [2.75, 3.05) is 13.2 Å². The molecule has 0 spiro atoms. The molecule has 0 aromatic carbocycles. The van der Waals surface area contributed by atoms with Gasteiger partial charge in [-0.25, -0.2) is 0 Å². The van der Waals surface area contributed by atoms with Crippen LogP contribution in [0.1, 0.15) is 278 Å². The molecule has 6 heteroatoms. The van der Waals surface area contributed by atoms with E-state index in [1.165, 1.54) is 89.9 Å². The van der Waals surface area contributed by atoms with E-state index in [1.54, 1.807) is 0 Å². The molecule has 6 nitrogen and oxygen atoms in total. The maximum atomic E-state index is 12.9. The second kappa shape index (κ2) is 69.3. The van der Waals surface area contributed by atoms with Crippen LogP contribution in [0.4, 0.5) is 0 Å². The van der Waals surface area contributed by atoms with E-state index in [0.29, 0.717) is 19.3 Å². The van der Waals surface area contributed by atoms with Crippen LogP contribution in [-0.2, 0) is 28.6 Å². The fraction of sp³-hybridized carbons (Fsp3) is 0.597. The number of rotatable bonds is 59. The van der Waals surface area contributed by atoms with E-state index < -0.39 is 6.10 Å². The first-order valence-corrected chi connectivity index (χ1v) is 33.6. The second-order valence-corrected chi connectivity index (χ2v) is 21.6. The summed E-state index contributed by atoms with van der Waals surface area (Å²) in [6.45, 7) is 6.35. The molecule has 0 rings (SSSR count). The zero-order valence-electron chi connectivity index (χ0n) is 53.4. The van der Waals surface area contributed by atoms with Crippen LogP contribution < -0.4 is 0 Å². The van der Waals surface area contributed by atoms with Crippen molar-refractivity contribution in [2.24, 2.45) is 0 Å². The lowest BCUT2D eigenvalue weighted by molar-refractivity contribution is -0.167. The Kier molecular flexibility index (Phi) is 64.9. The van der Waals surface area contributed by atoms with E-state index in [9.17, 15) is 14.4 Å². The van der Waals surface area contributed by atoms with Crippen molar-refractivity contribution in [1.29, 1.82) is 0 Å². The largest absolute Gasteiger partial charge is 0.462 e. The maximum Gasteiger partial charge on any atom is 0.306 e. The molecular formula is C77H122O6. The van der Waals surface area contributed by atoms with E-state index >= 15 is 0 Å². The van der Waals surface area contributed by atoms with Gasteiger partial charge >= 0.3 is 17.9 Å². The molecule has 0 aliphatic heterocycles. The van der Waals surface area contributed by atoms with Crippen molar-refractivity contribution in [1.82, 2.24) is 0 Å². The summed E-state index contributed by atoms with van der Waals surface area (Å²) < 4.78 is 16.9. The van der Waals surface area contributed by atoms with Gasteiger partial charge in [0.25, 0.3) is 0 Å². The third-order valence-corrected chi connectivity index (χ3v) is 13.7. The molecule has 466 valence electrons. The predicted molar refractivity (Wildman–Crippen MR) is 361 cm³/mol. The number of allylic oxidation sites excluding steroid dienone is 28. The van der Waals surface area contributed by atoms with Gasteiger partial charge in [-0.2, -0.15) is 0 Å². The number of ether oxygens (including phenoxy) is 3. The summed E-state index contributed by atoms with van der Waals surface area (Å²) in [5.74, 6) is -0.977. The highest BCUT2D eigenvalue weighted by Crippen LogP contribution is 2.15. The summed E-state index contributed by atoms with van der Waals surface area (Å²) in [7, 11) is 0. The van der Waals surface area contributed by atoms with Gasteiger partial charge in [0.05, 0.1) is 0 Å². The van der Waals surface area contributed by atoms with Gasteiger partial charge in [-0.05, 0) is 128 Å². The number of carbonyl (C=O) groups excluding carboxylic acids is 3. The van der Waals surface area contributed by atoms with Crippen LogP contribution in [0.25, 0.3) is 0 Å². The van der Waals surface area contributed by atoms with E-state index in [1.807, 2.05) is 0 Å². The number of hydrogen-bond acceptors (Lipinski definition) is 6. The van der Waals surface area contributed by atoms with Crippen LogP contribution in [0.15, 0.2) is 170 Å². The Hall–Kier alpha value is -5.23. The topological polar surface area (TPSA) is 78.9 Å². The lowest BCUT2D eigenvalue weighted by Crippen LogP contribution is -2.30. The van der Waals surface area contributed by atoms with Crippen molar-refractivity contribution in [3.8, 4) is 0 Å². The Labute approximate surface area is 511 Å². The highest BCUT2D eigenvalue weighted by Gasteiger charge is 2.19. The lowest BCUT2D eigenvalue weighted by Gasteiger charge is -2.18. The fourth-order valence-electron chi connectivity index (χ4n) is 8.77. The standard InChI is InChI=1S/C77H122O6/c1-4-7-10-13-16-19-22-24-26-28-30-32-34-35-36-37-38-39-40-41-43-44-46-48-50-52-55-58-61-64-67-70-76(79)82-73-74(72-81-75(78)69-66-63-60-57-54-21-18-15-12-9-6-3)83-77(80)71-68-65-62-59-56-53-51-49-47-45-42-33-31-29-27-25-23-20-17-14-11-8-5-2/h7-8,10-11,16-17,19-20,24-27,30-33,35-36,38-39,41,43,45,47,51,53,59,62,74H,4-6,9,12-15,18,21-23,28-29,34,37,40,42,44,46,48-50,52,54-58,60-61,63-73H2,1-3H3/b10-7-,11-8-,19-16-,20-17-,26-24-,27-25-,32-30-,33-31-,36-35-,39-38-,43-41-,47-45-,53-51-,62-59-. The molecule has 0 heterocycles. The first-order chi connectivity index (χ1) is 41.0. The minimum absolute atomic E-state index is 0.108. The number of unbranched alkanes of at least 4 members (excludes halogenated alkanes) is 20. The monoisotopic (exact) mass is 1140 g/mol. The predicted octanol–water partition coefficient (Wildman–Crippen LogP) is 23.4. The first-order valence-electron chi connectivity index (χ1n) is 33.6. The molecule has 0 radical (unpaired) electrons. The molecule has 0 aromatic rings. The molecule has 1 atom stereocenters. The van der Waals surface area contributed by atoms with Crippen molar-refractivity contribution in [3.05, 3.63) is 170 Å². The Morgan fingerprint density at radius 3 is 0.771 bits per heavy atom. The first kappa shape index (κ1) is 77.8. The maximum absolute atomic E-state index is 12.9. The molecule has 0 bridgehead atoms. The number of hydrogen-bond donors (Lipinski definition) is 0. The molecule has 0 saturated carbocycles. The van der Waals surface area contributed by atoms with Gasteiger partial charge in [0.1, 0.15) is 13.2 Å². The third kappa shape index (κ3) is 67.4. The molecule has 0 aliphatic rings. The molecule has 1 unspecified atom stereocenters.